The van der Waals surface area contributed by atoms with Gasteiger partial charge in [0.15, 0.2) is 6.10 Å². The zero-order chi connectivity index (χ0) is 19.4. The number of aromatic nitrogens is 1. The Bertz CT molecular complexity index is 919. The normalized spacial score (nSPS) is 13.0. The second-order valence-electron chi connectivity index (χ2n) is 6.34. The van der Waals surface area contributed by atoms with Crippen LogP contribution in [-0.2, 0) is 22.4 Å². The fraction of sp³-hybridized carbons (Fsp3) is 0.250. The number of ether oxygens (including phenoxy) is 1. The Labute approximate surface area is 153 Å². The largest absolute Gasteiger partial charge is 0.479 e. The van der Waals surface area contributed by atoms with Gasteiger partial charge in [-0.1, -0.05) is 36.4 Å². The van der Waals surface area contributed by atoms with Crippen LogP contribution in [0.3, 0.4) is 0 Å². The second-order valence-corrected chi connectivity index (χ2v) is 6.34. The summed E-state index contributed by atoms with van der Waals surface area (Å²) in [6, 6.07) is 17.1. The Hall–Kier alpha value is -2.80. The molecule has 0 radical (unpaired) electrons. The van der Waals surface area contributed by atoms with Crippen molar-refractivity contribution in [3.63, 3.8) is 0 Å². The number of carboxylic acid groups (broad SMARTS) is 1. The fourth-order valence-electron chi connectivity index (χ4n) is 2.91. The fourth-order valence-corrected chi connectivity index (χ4v) is 2.91. The predicted octanol–water partition coefficient (Wildman–Crippen LogP) is 4.33. The number of benzene rings is 2. The number of fused-ring (bicyclic) bond motifs is 1. The molecule has 1 aromatic heterocycles. The van der Waals surface area contributed by atoms with Crippen LogP contribution in [0.15, 0.2) is 54.6 Å². The van der Waals surface area contributed by atoms with E-state index >= 15 is 0 Å². The van der Waals surface area contributed by atoms with Crippen molar-refractivity contribution in [2.45, 2.75) is 25.1 Å². The van der Waals surface area contributed by atoms with Gasteiger partial charge in [0, 0.05) is 24.1 Å². The van der Waals surface area contributed by atoms with Gasteiger partial charge in [-0.05, 0) is 34.7 Å². The number of hydrogen-bond acceptors (Lipinski definition) is 2. The van der Waals surface area contributed by atoms with Crippen LogP contribution in [0.5, 0.6) is 0 Å². The number of H-pyrrole nitrogens is 1. The standard InChI is InChI=1S/C20H18F3NO3/c21-20(22,23)12-27-18(19(25)26)10-14-6-7-17-15(8-14)11-16(24-17)9-13-4-2-1-3-5-13/h1-8,11,18,24H,9-10,12H2,(H,25,26). The van der Waals surface area contributed by atoms with E-state index < -0.39 is 24.9 Å². The van der Waals surface area contributed by atoms with Crippen LogP contribution in [0.4, 0.5) is 13.2 Å². The number of carboxylic acids is 1. The van der Waals surface area contributed by atoms with E-state index in [-0.39, 0.29) is 6.42 Å². The molecule has 0 saturated carbocycles. The van der Waals surface area contributed by atoms with Crippen molar-refractivity contribution in [2.24, 2.45) is 0 Å². The van der Waals surface area contributed by atoms with E-state index in [9.17, 15) is 18.0 Å². The maximum Gasteiger partial charge on any atom is 0.411 e. The molecule has 2 N–H and O–H groups in total. The molecule has 1 atom stereocenters. The van der Waals surface area contributed by atoms with Gasteiger partial charge in [0.25, 0.3) is 0 Å². The van der Waals surface area contributed by atoms with Crippen molar-refractivity contribution in [1.82, 2.24) is 4.98 Å². The van der Waals surface area contributed by atoms with E-state index in [2.05, 4.69) is 9.72 Å². The average Bonchev–Trinajstić information content (AvgIpc) is 2.99. The first-order valence-corrected chi connectivity index (χ1v) is 8.36. The van der Waals surface area contributed by atoms with E-state index in [4.69, 9.17) is 5.11 Å². The average molecular weight is 377 g/mol. The summed E-state index contributed by atoms with van der Waals surface area (Å²) in [5.74, 6) is -1.42. The number of hydrogen-bond donors (Lipinski definition) is 2. The van der Waals surface area contributed by atoms with Gasteiger partial charge in [0.2, 0.25) is 0 Å². The molecule has 0 bridgehead atoms. The molecule has 142 valence electrons. The number of aromatic amines is 1. The van der Waals surface area contributed by atoms with Crippen molar-refractivity contribution < 1.29 is 27.8 Å². The molecule has 0 amide bonds. The van der Waals surface area contributed by atoms with Gasteiger partial charge < -0.3 is 14.8 Å². The highest BCUT2D eigenvalue weighted by molar-refractivity contribution is 5.81. The Morgan fingerprint density at radius 2 is 1.81 bits per heavy atom. The molecule has 7 heteroatoms. The van der Waals surface area contributed by atoms with E-state index in [0.717, 1.165) is 28.6 Å². The number of aliphatic carboxylic acids is 1. The minimum absolute atomic E-state index is 0.138. The van der Waals surface area contributed by atoms with Crippen molar-refractivity contribution >= 4 is 16.9 Å². The lowest BCUT2D eigenvalue weighted by atomic mass is 10.1. The van der Waals surface area contributed by atoms with Crippen LogP contribution in [0.2, 0.25) is 0 Å². The van der Waals surface area contributed by atoms with Gasteiger partial charge >= 0.3 is 12.1 Å². The third-order valence-electron chi connectivity index (χ3n) is 4.12. The Kier molecular flexibility index (Phi) is 5.51. The van der Waals surface area contributed by atoms with Gasteiger partial charge in [0.1, 0.15) is 6.61 Å². The summed E-state index contributed by atoms with van der Waals surface area (Å²) in [5, 5.41) is 9.99. The molecular weight excluding hydrogens is 359 g/mol. The summed E-state index contributed by atoms with van der Waals surface area (Å²) in [7, 11) is 0. The molecule has 0 fully saturated rings. The summed E-state index contributed by atoms with van der Waals surface area (Å²) in [5.41, 5.74) is 3.63. The molecule has 3 rings (SSSR count). The van der Waals surface area contributed by atoms with Crippen LogP contribution >= 0.6 is 0 Å². The van der Waals surface area contributed by atoms with E-state index in [0.29, 0.717) is 5.56 Å². The predicted molar refractivity (Wildman–Crippen MR) is 94.7 cm³/mol. The zero-order valence-corrected chi connectivity index (χ0v) is 14.3. The minimum atomic E-state index is -4.56. The number of alkyl halides is 3. The third kappa shape index (κ3) is 5.34. The van der Waals surface area contributed by atoms with Crippen LogP contribution < -0.4 is 0 Å². The first-order chi connectivity index (χ1) is 12.8. The van der Waals surface area contributed by atoms with Crippen molar-refractivity contribution in [2.75, 3.05) is 6.61 Å². The zero-order valence-electron chi connectivity index (χ0n) is 14.3. The van der Waals surface area contributed by atoms with Gasteiger partial charge in [-0.2, -0.15) is 13.2 Å². The molecule has 0 saturated heterocycles. The number of rotatable bonds is 7. The maximum absolute atomic E-state index is 12.3. The lowest BCUT2D eigenvalue weighted by molar-refractivity contribution is -0.192. The Morgan fingerprint density at radius 1 is 1.07 bits per heavy atom. The molecular formula is C20H18F3NO3. The van der Waals surface area contributed by atoms with E-state index in [1.54, 1.807) is 18.2 Å². The quantitative estimate of drug-likeness (QED) is 0.644. The van der Waals surface area contributed by atoms with Gasteiger partial charge in [0.05, 0.1) is 0 Å². The monoisotopic (exact) mass is 377 g/mol. The molecule has 27 heavy (non-hydrogen) atoms. The summed E-state index contributed by atoms with van der Waals surface area (Å²) in [6.07, 6.45) is -5.53. The lowest BCUT2D eigenvalue weighted by Gasteiger charge is -2.15. The SMILES string of the molecule is O=C(O)C(Cc1ccc2[nH]c(Cc3ccccc3)cc2c1)OCC(F)(F)F. The smallest absolute Gasteiger partial charge is 0.411 e. The van der Waals surface area contributed by atoms with Crippen molar-refractivity contribution in [3.05, 3.63) is 71.4 Å². The Morgan fingerprint density at radius 3 is 2.48 bits per heavy atom. The Balaban J connectivity index is 1.74. The molecule has 2 aromatic carbocycles. The molecule has 0 aliphatic rings. The number of nitrogens with one attached hydrogen (secondary N) is 1. The molecule has 0 spiro atoms. The van der Waals surface area contributed by atoms with Gasteiger partial charge in [-0.25, -0.2) is 4.79 Å². The maximum atomic E-state index is 12.3. The molecule has 1 heterocycles. The summed E-state index contributed by atoms with van der Waals surface area (Å²) >= 11 is 0. The van der Waals surface area contributed by atoms with Gasteiger partial charge in [-0.3, -0.25) is 0 Å². The van der Waals surface area contributed by atoms with Crippen LogP contribution in [0, 0.1) is 0 Å². The van der Waals surface area contributed by atoms with Crippen LogP contribution in [0.1, 0.15) is 16.8 Å². The molecule has 4 nitrogen and oxygen atoms in total. The molecule has 0 aliphatic heterocycles. The van der Waals surface area contributed by atoms with Crippen molar-refractivity contribution in [3.8, 4) is 0 Å². The van der Waals surface area contributed by atoms with Crippen LogP contribution in [-0.4, -0.2) is 34.9 Å². The van der Waals surface area contributed by atoms with Crippen molar-refractivity contribution in [1.29, 1.82) is 0 Å². The number of halogens is 3. The highest BCUT2D eigenvalue weighted by atomic mass is 19.4. The molecule has 3 aromatic rings. The van der Waals surface area contributed by atoms with E-state index in [1.807, 2.05) is 36.4 Å². The lowest BCUT2D eigenvalue weighted by Crippen LogP contribution is -2.31. The van der Waals surface area contributed by atoms with E-state index in [1.165, 1.54) is 0 Å². The number of carbonyl (C=O) groups is 1. The second kappa shape index (κ2) is 7.84. The summed E-state index contributed by atoms with van der Waals surface area (Å²) < 4.78 is 41.4. The third-order valence-corrected chi connectivity index (χ3v) is 4.12. The highest BCUT2D eigenvalue weighted by Crippen LogP contribution is 2.22. The van der Waals surface area contributed by atoms with Crippen LogP contribution in [0.25, 0.3) is 10.9 Å². The first-order valence-electron chi connectivity index (χ1n) is 8.36. The molecule has 0 aliphatic carbocycles. The minimum Gasteiger partial charge on any atom is -0.479 e. The first kappa shape index (κ1) is 19.0. The highest BCUT2D eigenvalue weighted by Gasteiger charge is 2.31. The van der Waals surface area contributed by atoms with Gasteiger partial charge in [-0.15, -0.1) is 0 Å². The topological polar surface area (TPSA) is 62.3 Å². The summed E-state index contributed by atoms with van der Waals surface area (Å²) in [4.78, 5) is 14.5. The molecule has 1 unspecified atom stereocenters. The summed E-state index contributed by atoms with van der Waals surface area (Å²) in [6.45, 7) is -1.59.